The lowest BCUT2D eigenvalue weighted by Gasteiger charge is -2.21. The zero-order valence-electron chi connectivity index (χ0n) is 19.6. The number of hydrogen-bond acceptors (Lipinski definition) is 6. The first-order valence-corrected chi connectivity index (χ1v) is 10.4. The van der Waals surface area contributed by atoms with Gasteiger partial charge in [0.1, 0.15) is 17.7 Å². The minimum absolute atomic E-state index is 0.179. The zero-order valence-corrected chi connectivity index (χ0v) is 19.6. The number of methoxy groups -OCH3 is 1. The summed E-state index contributed by atoms with van der Waals surface area (Å²) in [5, 5.41) is 12.7. The number of benzene rings is 1. The van der Waals surface area contributed by atoms with Gasteiger partial charge in [-0.1, -0.05) is 32.0 Å². The molecule has 0 aliphatic carbocycles. The number of carbonyl (C=O) groups is 3. The van der Waals surface area contributed by atoms with Crippen LogP contribution in [0.15, 0.2) is 30.5 Å². The summed E-state index contributed by atoms with van der Waals surface area (Å²) in [5.41, 5.74) is 6.54. The van der Waals surface area contributed by atoms with Gasteiger partial charge in [-0.25, -0.2) is 9.59 Å². The van der Waals surface area contributed by atoms with Crippen molar-refractivity contribution in [2.45, 2.75) is 65.1 Å². The number of para-hydroxylation sites is 1. The molecule has 2 atom stereocenters. The summed E-state index contributed by atoms with van der Waals surface area (Å²) in [6.45, 7) is 9.21. The Kier molecular flexibility index (Phi) is 10.2. The number of fused-ring (bicyclic) bond motifs is 1. The van der Waals surface area contributed by atoms with Gasteiger partial charge in [0.05, 0.1) is 7.11 Å². The van der Waals surface area contributed by atoms with Crippen LogP contribution >= 0.6 is 0 Å². The van der Waals surface area contributed by atoms with Gasteiger partial charge in [0, 0.05) is 23.5 Å². The molecule has 0 spiro atoms. The highest BCUT2D eigenvalue weighted by atomic mass is 16.6. The van der Waals surface area contributed by atoms with Crippen LogP contribution in [-0.4, -0.2) is 52.9 Å². The van der Waals surface area contributed by atoms with E-state index >= 15 is 0 Å². The molecule has 1 aromatic heterocycles. The SMILES string of the molecule is CC(C)(C)OC(=O)NC(Cc1c[nH]c2ccccc12)C(=O)O.COC(=O)C(N)CC(C)C. The number of aromatic nitrogens is 1. The number of alkyl carbamates (subject to hydrolysis) is 1. The molecule has 1 aromatic carbocycles. The second-order valence-corrected chi connectivity index (χ2v) is 8.86. The third kappa shape index (κ3) is 9.38. The number of hydrogen-bond donors (Lipinski definition) is 4. The summed E-state index contributed by atoms with van der Waals surface area (Å²) in [4.78, 5) is 36.9. The molecule has 0 fully saturated rings. The number of nitrogens with two attached hydrogens (primary N) is 1. The van der Waals surface area contributed by atoms with Gasteiger partial charge in [0.2, 0.25) is 0 Å². The molecule has 1 heterocycles. The Hall–Kier alpha value is -3.07. The van der Waals surface area contributed by atoms with E-state index < -0.39 is 29.7 Å². The van der Waals surface area contributed by atoms with Crippen LogP contribution in [0.3, 0.4) is 0 Å². The molecule has 0 aliphatic heterocycles. The highest BCUT2D eigenvalue weighted by Crippen LogP contribution is 2.19. The number of ether oxygens (including phenoxy) is 2. The van der Waals surface area contributed by atoms with E-state index in [1.165, 1.54) is 7.11 Å². The van der Waals surface area contributed by atoms with Gasteiger partial charge in [0.25, 0.3) is 0 Å². The number of rotatable bonds is 7. The molecule has 0 saturated carbocycles. The van der Waals surface area contributed by atoms with E-state index in [1.807, 2.05) is 38.1 Å². The van der Waals surface area contributed by atoms with Gasteiger partial charge in [0.15, 0.2) is 0 Å². The average molecular weight is 450 g/mol. The molecule has 32 heavy (non-hydrogen) atoms. The molecule has 2 unspecified atom stereocenters. The van der Waals surface area contributed by atoms with Gasteiger partial charge in [-0.15, -0.1) is 0 Å². The van der Waals surface area contributed by atoms with Crippen molar-refractivity contribution in [2.75, 3.05) is 7.11 Å². The summed E-state index contributed by atoms with van der Waals surface area (Å²) < 4.78 is 9.55. The average Bonchev–Trinajstić information content (AvgIpc) is 3.08. The Morgan fingerprint density at radius 3 is 2.34 bits per heavy atom. The van der Waals surface area contributed by atoms with E-state index in [4.69, 9.17) is 10.5 Å². The first-order valence-electron chi connectivity index (χ1n) is 10.4. The zero-order chi connectivity index (χ0) is 24.5. The van der Waals surface area contributed by atoms with Crippen molar-refractivity contribution in [1.29, 1.82) is 0 Å². The maximum absolute atomic E-state index is 11.8. The first kappa shape index (κ1) is 27.0. The molecular formula is C23H35N3O6. The number of aromatic amines is 1. The number of aliphatic carboxylic acids is 1. The molecular weight excluding hydrogens is 414 g/mol. The number of carboxylic acids is 1. The van der Waals surface area contributed by atoms with E-state index in [1.54, 1.807) is 27.0 Å². The van der Waals surface area contributed by atoms with Gasteiger partial charge in [-0.3, -0.25) is 4.79 Å². The van der Waals surface area contributed by atoms with Crippen molar-refractivity contribution < 1.29 is 29.0 Å². The molecule has 5 N–H and O–H groups in total. The van der Waals surface area contributed by atoms with Crippen LogP contribution in [-0.2, 0) is 25.5 Å². The van der Waals surface area contributed by atoms with Crippen molar-refractivity contribution in [2.24, 2.45) is 11.7 Å². The van der Waals surface area contributed by atoms with Crippen LogP contribution in [0.5, 0.6) is 0 Å². The van der Waals surface area contributed by atoms with Crippen LogP contribution < -0.4 is 11.1 Å². The number of carbonyl (C=O) groups excluding carboxylic acids is 2. The van der Waals surface area contributed by atoms with Gasteiger partial charge in [-0.2, -0.15) is 0 Å². The van der Waals surface area contributed by atoms with Gasteiger partial charge in [-0.05, 0) is 44.7 Å². The van der Waals surface area contributed by atoms with Crippen LogP contribution in [0.25, 0.3) is 10.9 Å². The van der Waals surface area contributed by atoms with E-state index in [-0.39, 0.29) is 12.4 Å². The second-order valence-electron chi connectivity index (χ2n) is 8.86. The maximum atomic E-state index is 11.8. The van der Waals surface area contributed by atoms with Gasteiger partial charge < -0.3 is 30.6 Å². The molecule has 0 saturated heterocycles. The molecule has 178 valence electrons. The van der Waals surface area contributed by atoms with Crippen molar-refractivity contribution in [3.8, 4) is 0 Å². The Bertz CT molecular complexity index is 901. The highest BCUT2D eigenvalue weighted by molar-refractivity contribution is 5.85. The lowest BCUT2D eigenvalue weighted by atomic mass is 10.1. The maximum Gasteiger partial charge on any atom is 0.408 e. The number of H-pyrrole nitrogens is 1. The first-order chi connectivity index (χ1) is 14.8. The smallest absolute Gasteiger partial charge is 0.408 e. The summed E-state index contributed by atoms with van der Waals surface area (Å²) in [6, 6.07) is 6.11. The van der Waals surface area contributed by atoms with E-state index in [9.17, 15) is 19.5 Å². The Labute approximate surface area is 188 Å². The van der Waals surface area contributed by atoms with E-state index in [0.29, 0.717) is 12.3 Å². The summed E-state index contributed by atoms with van der Waals surface area (Å²) >= 11 is 0. The monoisotopic (exact) mass is 449 g/mol. The predicted octanol–water partition coefficient (Wildman–Crippen LogP) is 3.22. The van der Waals surface area contributed by atoms with E-state index in [2.05, 4.69) is 15.0 Å². The summed E-state index contributed by atoms with van der Waals surface area (Å²) in [6.07, 6.45) is 1.89. The number of amides is 1. The molecule has 1 amide bonds. The fourth-order valence-corrected chi connectivity index (χ4v) is 2.93. The number of esters is 1. The molecule has 9 nitrogen and oxygen atoms in total. The topological polar surface area (TPSA) is 144 Å². The quantitative estimate of drug-likeness (QED) is 0.475. The molecule has 0 radical (unpaired) electrons. The Balaban J connectivity index is 0.000000433. The fourth-order valence-electron chi connectivity index (χ4n) is 2.93. The number of nitrogens with one attached hydrogen (secondary N) is 2. The third-order valence-corrected chi connectivity index (χ3v) is 4.32. The fraction of sp³-hybridized carbons (Fsp3) is 0.522. The number of carboxylic acid groups (broad SMARTS) is 1. The normalized spacial score (nSPS) is 13.0. The van der Waals surface area contributed by atoms with Crippen LogP contribution in [0.4, 0.5) is 4.79 Å². The predicted molar refractivity (Wildman–Crippen MR) is 122 cm³/mol. The standard InChI is InChI=1S/C16H20N2O4.C7H15NO2/c1-16(2,3)22-15(21)18-13(14(19)20)8-10-9-17-12-7-5-4-6-11(10)12;1-5(2)4-6(8)7(9)10-3/h4-7,9,13,17H,8H2,1-3H3,(H,18,21)(H,19,20);5-6H,4,8H2,1-3H3. The summed E-state index contributed by atoms with van der Waals surface area (Å²) in [5.74, 6) is -0.987. The Morgan fingerprint density at radius 1 is 1.19 bits per heavy atom. The molecule has 0 bridgehead atoms. The largest absolute Gasteiger partial charge is 0.480 e. The van der Waals surface area contributed by atoms with E-state index in [0.717, 1.165) is 16.5 Å². The van der Waals surface area contributed by atoms with Crippen LogP contribution in [0, 0.1) is 5.92 Å². The van der Waals surface area contributed by atoms with Crippen LogP contribution in [0.1, 0.15) is 46.6 Å². The van der Waals surface area contributed by atoms with Crippen molar-refractivity contribution in [3.05, 3.63) is 36.0 Å². The lowest BCUT2D eigenvalue weighted by molar-refractivity contribution is -0.142. The molecule has 2 rings (SSSR count). The highest BCUT2D eigenvalue weighted by Gasteiger charge is 2.25. The second kappa shape index (κ2) is 12.1. The van der Waals surface area contributed by atoms with Crippen LogP contribution in [0.2, 0.25) is 0 Å². The van der Waals surface area contributed by atoms with Gasteiger partial charge >= 0.3 is 18.0 Å². The summed E-state index contributed by atoms with van der Waals surface area (Å²) in [7, 11) is 1.35. The Morgan fingerprint density at radius 2 is 1.81 bits per heavy atom. The van der Waals surface area contributed by atoms with Crippen molar-refractivity contribution in [1.82, 2.24) is 10.3 Å². The molecule has 2 aromatic rings. The lowest BCUT2D eigenvalue weighted by Crippen LogP contribution is -2.44. The van der Waals surface area contributed by atoms with Crippen molar-refractivity contribution in [3.63, 3.8) is 0 Å². The van der Waals surface area contributed by atoms with Crippen molar-refractivity contribution >= 4 is 28.9 Å². The minimum atomic E-state index is -1.10. The third-order valence-electron chi connectivity index (χ3n) is 4.32. The minimum Gasteiger partial charge on any atom is -0.480 e. The molecule has 0 aliphatic rings. The molecule has 9 heteroatoms.